The fraction of sp³-hybridized carbons (Fsp3) is 0.308. The number of fused-ring (bicyclic) bond motifs is 2. The summed E-state index contributed by atoms with van der Waals surface area (Å²) < 4.78 is 5.45. The lowest BCUT2D eigenvalue weighted by Gasteiger charge is -2.20. The number of carbonyl (C=O) groups excluding carboxylic acids is 1. The molecular formula is C13H12N2O4. The average molecular weight is 260 g/mol. The number of hydrogen-bond acceptors (Lipinski definition) is 4. The fourth-order valence-electron chi connectivity index (χ4n) is 2.58. The van der Waals surface area contributed by atoms with Gasteiger partial charge < -0.3 is 15.2 Å². The van der Waals surface area contributed by atoms with Gasteiger partial charge in [0.2, 0.25) is 5.91 Å². The summed E-state index contributed by atoms with van der Waals surface area (Å²) in [5, 5.41) is 11.9. The maximum Gasteiger partial charge on any atom is 0.310 e. The third kappa shape index (κ3) is 2.00. The second kappa shape index (κ2) is 4.47. The van der Waals surface area contributed by atoms with Crippen LogP contribution < -0.4 is 5.32 Å². The van der Waals surface area contributed by atoms with Crippen molar-refractivity contribution in [3.8, 4) is 0 Å². The normalized spacial score (nSPS) is 31.4. The van der Waals surface area contributed by atoms with E-state index in [9.17, 15) is 14.7 Å². The summed E-state index contributed by atoms with van der Waals surface area (Å²) in [6.45, 7) is 0. The van der Waals surface area contributed by atoms with Gasteiger partial charge in [-0.2, -0.15) is 0 Å². The van der Waals surface area contributed by atoms with Gasteiger partial charge in [0.1, 0.15) is 5.92 Å². The Labute approximate surface area is 109 Å². The van der Waals surface area contributed by atoms with Gasteiger partial charge in [0.05, 0.1) is 30.0 Å². The Morgan fingerprint density at radius 3 is 2.63 bits per heavy atom. The van der Waals surface area contributed by atoms with E-state index in [1.165, 1.54) is 6.20 Å². The largest absolute Gasteiger partial charge is 0.481 e. The van der Waals surface area contributed by atoms with E-state index in [4.69, 9.17) is 4.74 Å². The zero-order valence-corrected chi connectivity index (χ0v) is 9.89. The van der Waals surface area contributed by atoms with Crippen molar-refractivity contribution >= 4 is 17.6 Å². The second-order valence-electron chi connectivity index (χ2n) is 4.57. The van der Waals surface area contributed by atoms with Crippen LogP contribution in [0, 0.1) is 11.8 Å². The molecule has 0 aliphatic carbocycles. The van der Waals surface area contributed by atoms with Crippen LogP contribution in [0.1, 0.15) is 0 Å². The maximum atomic E-state index is 12.2. The van der Waals surface area contributed by atoms with Crippen LogP contribution in [0.5, 0.6) is 0 Å². The molecular weight excluding hydrogens is 248 g/mol. The number of amides is 1. The first-order valence-electron chi connectivity index (χ1n) is 5.94. The summed E-state index contributed by atoms with van der Waals surface area (Å²) in [7, 11) is 0. The Morgan fingerprint density at radius 2 is 2.00 bits per heavy atom. The summed E-state index contributed by atoms with van der Waals surface area (Å²) >= 11 is 0. The van der Waals surface area contributed by atoms with Crippen molar-refractivity contribution in [2.24, 2.45) is 11.8 Å². The minimum absolute atomic E-state index is 0.350. The molecule has 0 unspecified atom stereocenters. The number of aliphatic carboxylic acids is 1. The Hall–Kier alpha value is -2.21. The van der Waals surface area contributed by atoms with Crippen LogP contribution in [0.15, 0.2) is 36.7 Å². The number of nitrogens with one attached hydrogen (secondary N) is 1. The second-order valence-corrected chi connectivity index (χ2v) is 4.57. The SMILES string of the molecule is O=C(Nc1cccnc1)[C@@H]1[C@H](C(=O)O)[C@@H]2C=C[C@H]1O2. The number of hydrogen-bond donors (Lipinski definition) is 2. The third-order valence-electron chi connectivity index (χ3n) is 3.42. The molecule has 0 radical (unpaired) electrons. The van der Waals surface area contributed by atoms with Crippen molar-refractivity contribution < 1.29 is 19.4 Å². The van der Waals surface area contributed by atoms with Gasteiger partial charge in [-0.25, -0.2) is 0 Å². The van der Waals surface area contributed by atoms with Crippen LogP contribution >= 0.6 is 0 Å². The van der Waals surface area contributed by atoms with E-state index in [2.05, 4.69) is 10.3 Å². The van der Waals surface area contributed by atoms with E-state index in [1.807, 2.05) is 0 Å². The summed E-state index contributed by atoms with van der Waals surface area (Å²) in [4.78, 5) is 27.3. The van der Waals surface area contributed by atoms with Gasteiger partial charge in [-0.3, -0.25) is 14.6 Å². The molecule has 4 atom stereocenters. The number of anilines is 1. The number of ether oxygens (including phenoxy) is 1. The van der Waals surface area contributed by atoms with Crippen molar-refractivity contribution in [1.82, 2.24) is 4.98 Å². The lowest BCUT2D eigenvalue weighted by atomic mass is 9.82. The van der Waals surface area contributed by atoms with Crippen molar-refractivity contribution in [2.75, 3.05) is 5.32 Å². The fourth-order valence-corrected chi connectivity index (χ4v) is 2.58. The Bertz CT molecular complexity index is 543. The first-order chi connectivity index (χ1) is 9.16. The van der Waals surface area contributed by atoms with Crippen LogP contribution in [0.3, 0.4) is 0 Å². The van der Waals surface area contributed by atoms with Gasteiger partial charge in [0, 0.05) is 6.20 Å². The number of pyridine rings is 1. The zero-order valence-electron chi connectivity index (χ0n) is 9.89. The molecule has 6 heteroatoms. The predicted octanol–water partition coefficient (Wildman–Crippen LogP) is 0.674. The molecule has 0 saturated carbocycles. The van der Waals surface area contributed by atoms with Crippen molar-refractivity contribution in [2.45, 2.75) is 12.2 Å². The van der Waals surface area contributed by atoms with E-state index in [-0.39, 0.29) is 5.91 Å². The molecule has 1 fully saturated rings. The van der Waals surface area contributed by atoms with Crippen LogP contribution in [-0.2, 0) is 14.3 Å². The first-order valence-corrected chi connectivity index (χ1v) is 5.94. The maximum absolute atomic E-state index is 12.2. The van der Waals surface area contributed by atoms with Crippen LogP contribution in [0.4, 0.5) is 5.69 Å². The summed E-state index contributed by atoms with van der Waals surface area (Å²) in [5.41, 5.74) is 0.545. The lowest BCUT2D eigenvalue weighted by Crippen LogP contribution is -2.39. The number of aromatic nitrogens is 1. The Kier molecular flexibility index (Phi) is 2.79. The molecule has 1 amide bonds. The highest BCUT2D eigenvalue weighted by Crippen LogP contribution is 2.39. The monoisotopic (exact) mass is 260 g/mol. The third-order valence-corrected chi connectivity index (χ3v) is 3.42. The van der Waals surface area contributed by atoms with Crippen LogP contribution in [0.2, 0.25) is 0 Å². The van der Waals surface area contributed by atoms with Crippen LogP contribution in [0.25, 0.3) is 0 Å². The lowest BCUT2D eigenvalue weighted by molar-refractivity contribution is -0.145. The molecule has 0 spiro atoms. The van der Waals surface area contributed by atoms with E-state index in [1.54, 1.807) is 30.5 Å². The van der Waals surface area contributed by atoms with E-state index in [0.29, 0.717) is 5.69 Å². The van der Waals surface area contributed by atoms with E-state index < -0.39 is 30.0 Å². The highest BCUT2D eigenvalue weighted by molar-refractivity contribution is 5.96. The molecule has 0 aromatic carbocycles. The topological polar surface area (TPSA) is 88.5 Å². The average Bonchev–Trinajstić information content (AvgIpc) is 2.99. The van der Waals surface area contributed by atoms with Gasteiger partial charge >= 0.3 is 5.97 Å². The number of carboxylic acids is 1. The van der Waals surface area contributed by atoms with Gasteiger partial charge in [-0.15, -0.1) is 0 Å². The molecule has 1 aromatic rings. The van der Waals surface area contributed by atoms with Crippen molar-refractivity contribution in [3.05, 3.63) is 36.7 Å². The summed E-state index contributed by atoms with van der Waals surface area (Å²) in [6.07, 6.45) is 5.60. The van der Waals surface area contributed by atoms with Crippen LogP contribution in [-0.4, -0.2) is 34.2 Å². The van der Waals surface area contributed by atoms with Gasteiger partial charge in [0.15, 0.2) is 0 Å². The van der Waals surface area contributed by atoms with E-state index in [0.717, 1.165) is 0 Å². The number of rotatable bonds is 3. The zero-order chi connectivity index (χ0) is 13.4. The minimum Gasteiger partial charge on any atom is -0.481 e. The van der Waals surface area contributed by atoms with Crippen molar-refractivity contribution in [3.63, 3.8) is 0 Å². The molecule has 2 aliphatic rings. The Balaban J connectivity index is 1.79. The molecule has 3 heterocycles. The molecule has 19 heavy (non-hydrogen) atoms. The highest BCUT2D eigenvalue weighted by atomic mass is 16.5. The highest BCUT2D eigenvalue weighted by Gasteiger charge is 2.53. The molecule has 1 saturated heterocycles. The molecule has 2 N–H and O–H groups in total. The van der Waals surface area contributed by atoms with Crippen molar-refractivity contribution in [1.29, 1.82) is 0 Å². The standard InChI is InChI=1S/C13H12N2O4/c16-12(15-7-2-1-5-14-6-7)10-8-3-4-9(19-8)11(10)13(17)18/h1-6,8-11H,(H,15,16)(H,17,18)/t8-,9+,10+,11-/m1/s1. The molecule has 6 nitrogen and oxygen atoms in total. The first kappa shape index (κ1) is 11.9. The molecule has 1 aromatic heterocycles. The quantitative estimate of drug-likeness (QED) is 0.780. The van der Waals surface area contributed by atoms with Gasteiger partial charge in [-0.05, 0) is 12.1 Å². The Morgan fingerprint density at radius 1 is 1.26 bits per heavy atom. The molecule has 2 aliphatic heterocycles. The molecule has 2 bridgehead atoms. The number of carbonyl (C=O) groups is 2. The van der Waals surface area contributed by atoms with E-state index >= 15 is 0 Å². The van der Waals surface area contributed by atoms with Gasteiger partial charge in [0.25, 0.3) is 0 Å². The number of nitrogens with zero attached hydrogens (tertiary/aromatic N) is 1. The smallest absolute Gasteiger partial charge is 0.310 e. The summed E-state index contributed by atoms with van der Waals surface area (Å²) in [5.74, 6) is -2.89. The summed E-state index contributed by atoms with van der Waals surface area (Å²) in [6, 6.07) is 3.39. The predicted molar refractivity (Wildman–Crippen MR) is 65.3 cm³/mol. The number of carboxylic acid groups (broad SMARTS) is 1. The minimum atomic E-state index is -1.01. The molecule has 98 valence electrons. The van der Waals surface area contributed by atoms with Gasteiger partial charge in [-0.1, -0.05) is 12.2 Å². The molecule has 3 rings (SSSR count).